The van der Waals surface area contributed by atoms with E-state index in [1.807, 2.05) is 18.2 Å². The van der Waals surface area contributed by atoms with Crippen molar-refractivity contribution in [3.63, 3.8) is 0 Å². The Balaban J connectivity index is 2.41. The molecule has 1 aromatic carbocycles. The van der Waals surface area contributed by atoms with E-state index in [1.165, 1.54) is 6.92 Å². The van der Waals surface area contributed by atoms with Gasteiger partial charge in [0.1, 0.15) is 5.75 Å². The number of ether oxygens (including phenoxy) is 1. The number of methoxy groups -OCH3 is 1. The molecule has 1 heterocycles. The Bertz CT molecular complexity index is 521. The summed E-state index contributed by atoms with van der Waals surface area (Å²) in [4.78, 5) is 11.1. The largest absolute Gasteiger partial charge is 0.495 e. The van der Waals surface area contributed by atoms with Crippen LogP contribution in [0.5, 0.6) is 5.75 Å². The lowest BCUT2D eigenvalue weighted by Gasteiger charge is -2.10. The Hall–Kier alpha value is -2.30. The van der Waals surface area contributed by atoms with Crippen LogP contribution in [0.15, 0.2) is 30.5 Å². The van der Waals surface area contributed by atoms with E-state index in [1.54, 1.807) is 19.4 Å². The highest BCUT2D eigenvalue weighted by atomic mass is 16.5. The van der Waals surface area contributed by atoms with Crippen molar-refractivity contribution < 1.29 is 9.53 Å². The smallest absolute Gasteiger partial charge is 0.221 e. The molecule has 2 rings (SSSR count). The number of nitrogens with zero attached hydrogens (tertiary/aromatic N) is 1. The van der Waals surface area contributed by atoms with Crippen LogP contribution in [0.3, 0.4) is 0 Å². The number of aromatic amines is 1. The summed E-state index contributed by atoms with van der Waals surface area (Å²) < 4.78 is 5.18. The van der Waals surface area contributed by atoms with Crippen LogP contribution in [0.2, 0.25) is 0 Å². The molecule has 5 heteroatoms. The minimum absolute atomic E-state index is 0.134. The highest BCUT2D eigenvalue weighted by Gasteiger charge is 2.07. The first-order chi connectivity index (χ1) is 8.20. The lowest BCUT2D eigenvalue weighted by molar-refractivity contribution is -0.114. The van der Waals surface area contributed by atoms with Crippen LogP contribution in [0.1, 0.15) is 6.92 Å². The minimum Gasteiger partial charge on any atom is -0.495 e. The number of hydrogen-bond acceptors (Lipinski definition) is 3. The second-order valence-electron chi connectivity index (χ2n) is 3.57. The highest BCUT2D eigenvalue weighted by Crippen LogP contribution is 2.29. The predicted octanol–water partition coefficient (Wildman–Crippen LogP) is 2.04. The zero-order chi connectivity index (χ0) is 12.3. The SMILES string of the molecule is COc1ccc(-c2ccn[nH]2)cc1NC(C)=O. The van der Waals surface area contributed by atoms with Gasteiger partial charge in [0, 0.05) is 18.7 Å². The van der Waals surface area contributed by atoms with Gasteiger partial charge in [-0.1, -0.05) is 0 Å². The average molecular weight is 231 g/mol. The van der Waals surface area contributed by atoms with Gasteiger partial charge in [0.2, 0.25) is 5.91 Å². The molecule has 88 valence electrons. The van der Waals surface area contributed by atoms with Gasteiger partial charge in [0.05, 0.1) is 18.5 Å². The summed E-state index contributed by atoms with van der Waals surface area (Å²) >= 11 is 0. The monoisotopic (exact) mass is 231 g/mol. The number of rotatable bonds is 3. The van der Waals surface area contributed by atoms with Gasteiger partial charge < -0.3 is 10.1 Å². The molecular formula is C12H13N3O2. The number of hydrogen-bond donors (Lipinski definition) is 2. The molecule has 2 N–H and O–H groups in total. The van der Waals surface area contributed by atoms with Gasteiger partial charge in [-0.25, -0.2) is 0 Å². The highest BCUT2D eigenvalue weighted by molar-refractivity contribution is 5.91. The number of nitrogens with one attached hydrogen (secondary N) is 2. The standard InChI is InChI=1S/C12H13N3O2/c1-8(16)14-11-7-9(3-4-12(11)17-2)10-5-6-13-15-10/h3-7H,1-2H3,(H,13,15)(H,14,16). The number of anilines is 1. The van der Waals surface area contributed by atoms with Crippen LogP contribution >= 0.6 is 0 Å². The quantitative estimate of drug-likeness (QED) is 0.849. The molecule has 17 heavy (non-hydrogen) atoms. The van der Waals surface area contributed by atoms with Gasteiger partial charge in [0.25, 0.3) is 0 Å². The Labute approximate surface area is 98.8 Å². The molecule has 5 nitrogen and oxygen atoms in total. The number of carbonyl (C=O) groups excluding carboxylic acids is 1. The van der Waals surface area contributed by atoms with E-state index in [4.69, 9.17) is 4.74 Å². The van der Waals surface area contributed by atoms with Crippen molar-refractivity contribution >= 4 is 11.6 Å². The van der Waals surface area contributed by atoms with Crippen LogP contribution < -0.4 is 10.1 Å². The van der Waals surface area contributed by atoms with Crippen molar-refractivity contribution in [3.05, 3.63) is 30.5 Å². The Morgan fingerprint density at radius 3 is 2.82 bits per heavy atom. The second kappa shape index (κ2) is 4.69. The molecule has 0 aliphatic carbocycles. The van der Waals surface area contributed by atoms with E-state index in [0.29, 0.717) is 11.4 Å². The molecule has 0 spiro atoms. The van der Waals surface area contributed by atoms with Crippen molar-refractivity contribution in [2.45, 2.75) is 6.92 Å². The van der Waals surface area contributed by atoms with Crippen LogP contribution in [-0.2, 0) is 4.79 Å². The Kier molecular flexibility index (Phi) is 3.09. The van der Waals surface area contributed by atoms with Gasteiger partial charge in [0.15, 0.2) is 0 Å². The van der Waals surface area contributed by atoms with Crippen molar-refractivity contribution in [1.82, 2.24) is 10.2 Å². The summed E-state index contributed by atoms with van der Waals surface area (Å²) in [7, 11) is 1.57. The molecule has 0 aliphatic rings. The van der Waals surface area contributed by atoms with Gasteiger partial charge in [-0.3, -0.25) is 9.89 Å². The summed E-state index contributed by atoms with van der Waals surface area (Å²) in [6.45, 7) is 1.46. The normalized spacial score (nSPS) is 10.0. The number of aromatic nitrogens is 2. The van der Waals surface area contributed by atoms with Crippen molar-refractivity contribution in [1.29, 1.82) is 0 Å². The zero-order valence-corrected chi connectivity index (χ0v) is 9.65. The average Bonchev–Trinajstić information content (AvgIpc) is 2.81. The zero-order valence-electron chi connectivity index (χ0n) is 9.65. The maximum atomic E-state index is 11.1. The topological polar surface area (TPSA) is 67.0 Å². The van der Waals surface area contributed by atoms with E-state index in [2.05, 4.69) is 15.5 Å². The maximum Gasteiger partial charge on any atom is 0.221 e. The Morgan fingerprint density at radius 1 is 1.41 bits per heavy atom. The fourth-order valence-corrected chi connectivity index (χ4v) is 1.58. The molecule has 1 amide bonds. The number of amides is 1. The van der Waals surface area contributed by atoms with E-state index >= 15 is 0 Å². The number of carbonyl (C=O) groups is 1. The predicted molar refractivity (Wildman–Crippen MR) is 64.9 cm³/mol. The molecule has 0 atom stereocenters. The third-order valence-corrected chi connectivity index (χ3v) is 2.32. The van der Waals surface area contributed by atoms with Crippen molar-refractivity contribution in [2.75, 3.05) is 12.4 Å². The van der Waals surface area contributed by atoms with E-state index in [-0.39, 0.29) is 5.91 Å². The molecule has 0 radical (unpaired) electrons. The summed E-state index contributed by atoms with van der Waals surface area (Å²) in [5.41, 5.74) is 2.47. The van der Waals surface area contributed by atoms with Crippen LogP contribution in [-0.4, -0.2) is 23.2 Å². The third-order valence-electron chi connectivity index (χ3n) is 2.32. The van der Waals surface area contributed by atoms with Crippen LogP contribution in [0, 0.1) is 0 Å². The summed E-state index contributed by atoms with van der Waals surface area (Å²) in [6.07, 6.45) is 1.68. The first-order valence-corrected chi connectivity index (χ1v) is 5.16. The maximum absolute atomic E-state index is 11.1. The second-order valence-corrected chi connectivity index (χ2v) is 3.57. The Morgan fingerprint density at radius 2 is 2.24 bits per heavy atom. The van der Waals surface area contributed by atoms with Gasteiger partial charge in [-0.2, -0.15) is 5.10 Å². The molecule has 2 aromatic rings. The molecule has 0 fully saturated rings. The number of benzene rings is 1. The summed E-state index contributed by atoms with van der Waals surface area (Å²) in [5.74, 6) is 0.494. The van der Waals surface area contributed by atoms with Gasteiger partial charge in [-0.05, 0) is 24.3 Å². The van der Waals surface area contributed by atoms with Crippen LogP contribution in [0.25, 0.3) is 11.3 Å². The summed E-state index contributed by atoms with van der Waals surface area (Å²) in [6, 6.07) is 7.41. The van der Waals surface area contributed by atoms with Crippen molar-refractivity contribution in [3.8, 4) is 17.0 Å². The van der Waals surface area contributed by atoms with E-state index in [0.717, 1.165) is 11.3 Å². The molecular weight excluding hydrogens is 218 g/mol. The third kappa shape index (κ3) is 2.44. The molecule has 1 aromatic heterocycles. The molecule has 0 unspecified atom stereocenters. The first-order valence-electron chi connectivity index (χ1n) is 5.16. The van der Waals surface area contributed by atoms with Crippen molar-refractivity contribution in [2.24, 2.45) is 0 Å². The number of H-pyrrole nitrogens is 1. The minimum atomic E-state index is -0.134. The first kappa shape index (κ1) is 11.2. The van der Waals surface area contributed by atoms with Gasteiger partial charge >= 0.3 is 0 Å². The van der Waals surface area contributed by atoms with Crippen LogP contribution in [0.4, 0.5) is 5.69 Å². The molecule has 0 saturated carbocycles. The fourth-order valence-electron chi connectivity index (χ4n) is 1.58. The van der Waals surface area contributed by atoms with E-state index < -0.39 is 0 Å². The lowest BCUT2D eigenvalue weighted by atomic mass is 10.1. The van der Waals surface area contributed by atoms with E-state index in [9.17, 15) is 4.79 Å². The summed E-state index contributed by atoms with van der Waals surface area (Å²) in [5, 5.41) is 9.48. The molecule has 0 aliphatic heterocycles. The lowest BCUT2D eigenvalue weighted by Crippen LogP contribution is -2.07. The fraction of sp³-hybridized carbons (Fsp3) is 0.167. The van der Waals surface area contributed by atoms with Gasteiger partial charge in [-0.15, -0.1) is 0 Å². The molecule has 0 saturated heterocycles. The molecule has 0 bridgehead atoms.